The number of fused-ring (bicyclic) bond motifs is 2. The van der Waals surface area contributed by atoms with Crippen molar-refractivity contribution in [2.75, 3.05) is 11.9 Å². The number of rotatable bonds is 2. The van der Waals surface area contributed by atoms with Crippen molar-refractivity contribution in [3.05, 3.63) is 102 Å². The van der Waals surface area contributed by atoms with Gasteiger partial charge in [0.05, 0.1) is 24.1 Å². The van der Waals surface area contributed by atoms with Gasteiger partial charge in [-0.25, -0.2) is 0 Å². The maximum atomic E-state index is 14.1. The summed E-state index contributed by atoms with van der Waals surface area (Å²) < 4.78 is 6.11. The van der Waals surface area contributed by atoms with Crippen LogP contribution in [0.2, 0.25) is 0 Å². The SMILES string of the molecule is O=C1N2[C@@H](CO[C@H]2c2ccccc2)C[C@@]12Cc1ccccc1NC2c1ccccc1. The van der Waals surface area contributed by atoms with Gasteiger partial charge in [-0.1, -0.05) is 78.9 Å². The number of hydrogen-bond acceptors (Lipinski definition) is 3. The second-order valence-electron chi connectivity index (χ2n) is 8.64. The molecule has 3 aliphatic rings. The van der Waals surface area contributed by atoms with Crippen molar-refractivity contribution in [2.45, 2.75) is 31.2 Å². The van der Waals surface area contributed by atoms with Gasteiger partial charge in [-0.2, -0.15) is 0 Å². The molecule has 3 aromatic carbocycles. The third-order valence-electron chi connectivity index (χ3n) is 6.95. The molecule has 3 heterocycles. The van der Waals surface area contributed by atoms with Crippen LogP contribution in [0.5, 0.6) is 0 Å². The van der Waals surface area contributed by atoms with E-state index < -0.39 is 5.41 Å². The molecular weight excluding hydrogens is 372 g/mol. The molecule has 1 N–H and O–H groups in total. The highest BCUT2D eigenvalue weighted by Gasteiger charge is 2.61. The molecule has 0 aromatic heterocycles. The van der Waals surface area contributed by atoms with E-state index in [1.807, 2.05) is 29.2 Å². The Kier molecular flexibility index (Phi) is 3.96. The Labute approximate surface area is 176 Å². The molecule has 3 aliphatic heterocycles. The van der Waals surface area contributed by atoms with Crippen molar-refractivity contribution in [1.82, 2.24) is 4.90 Å². The Morgan fingerprint density at radius 3 is 2.30 bits per heavy atom. The van der Waals surface area contributed by atoms with E-state index in [9.17, 15) is 4.79 Å². The van der Waals surface area contributed by atoms with Gasteiger partial charge in [0.1, 0.15) is 0 Å². The minimum atomic E-state index is -0.503. The number of ether oxygens (including phenoxy) is 1. The van der Waals surface area contributed by atoms with Crippen molar-refractivity contribution in [3.8, 4) is 0 Å². The van der Waals surface area contributed by atoms with Gasteiger partial charge in [0, 0.05) is 11.3 Å². The summed E-state index contributed by atoms with van der Waals surface area (Å²) >= 11 is 0. The second-order valence-corrected chi connectivity index (χ2v) is 8.64. The minimum absolute atomic E-state index is 0.0527. The van der Waals surface area contributed by atoms with Crippen LogP contribution in [0.1, 0.15) is 35.4 Å². The highest BCUT2D eigenvalue weighted by molar-refractivity contribution is 5.89. The fraction of sp³-hybridized carbons (Fsp3) is 0.269. The molecule has 4 heteroatoms. The van der Waals surface area contributed by atoms with Crippen molar-refractivity contribution >= 4 is 11.6 Å². The molecule has 3 aromatic rings. The second kappa shape index (κ2) is 6.71. The van der Waals surface area contributed by atoms with E-state index in [0.29, 0.717) is 6.61 Å². The van der Waals surface area contributed by atoms with Crippen LogP contribution < -0.4 is 5.32 Å². The zero-order chi connectivity index (χ0) is 20.1. The lowest BCUT2D eigenvalue weighted by Crippen LogP contribution is -2.46. The van der Waals surface area contributed by atoms with Gasteiger partial charge in [-0.3, -0.25) is 4.79 Å². The number of nitrogens with one attached hydrogen (secondary N) is 1. The lowest BCUT2D eigenvalue weighted by molar-refractivity contribution is -0.143. The van der Waals surface area contributed by atoms with E-state index in [1.165, 1.54) is 11.1 Å². The molecular formula is C26H24N2O2. The maximum Gasteiger partial charge on any atom is 0.234 e. The van der Waals surface area contributed by atoms with Gasteiger partial charge < -0.3 is 15.0 Å². The van der Waals surface area contributed by atoms with Crippen LogP contribution in [-0.4, -0.2) is 23.5 Å². The van der Waals surface area contributed by atoms with Gasteiger partial charge in [0.25, 0.3) is 0 Å². The van der Waals surface area contributed by atoms with Gasteiger partial charge in [-0.05, 0) is 30.0 Å². The molecule has 4 atom stereocenters. The van der Waals surface area contributed by atoms with Crippen molar-refractivity contribution in [1.29, 1.82) is 0 Å². The monoisotopic (exact) mass is 396 g/mol. The lowest BCUT2D eigenvalue weighted by Gasteiger charge is -2.42. The highest BCUT2D eigenvalue weighted by atomic mass is 16.5. The summed E-state index contributed by atoms with van der Waals surface area (Å²) in [5.74, 6) is 0.203. The molecule has 6 rings (SSSR count). The zero-order valence-corrected chi connectivity index (χ0v) is 16.7. The standard InChI is InChI=1S/C26H24N2O2/c29-25-26(16-21-17-30-24(28(21)25)19-11-5-2-6-12-19)15-20-13-7-8-14-22(20)27-23(26)18-9-3-1-4-10-18/h1-14,21,23-24,27H,15-17H2/t21-,23?,24+,26-/m1/s1. The van der Waals surface area contributed by atoms with Crippen molar-refractivity contribution < 1.29 is 9.53 Å². The van der Waals surface area contributed by atoms with Crippen LogP contribution in [-0.2, 0) is 16.0 Å². The van der Waals surface area contributed by atoms with E-state index in [1.54, 1.807) is 0 Å². The number of amides is 1. The summed E-state index contributed by atoms with van der Waals surface area (Å²) in [4.78, 5) is 16.2. The zero-order valence-electron chi connectivity index (χ0n) is 16.7. The molecule has 2 fully saturated rings. The Morgan fingerprint density at radius 1 is 0.867 bits per heavy atom. The average Bonchev–Trinajstić information content (AvgIpc) is 3.33. The van der Waals surface area contributed by atoms with E-state index in [2.05, 4.69) is 66.0 Å². The predicted molar refractivity (Wildman–Crippen MR) is 116 cm³/mol. The smallest absolute Gasteiger partial charge is 0.234 e. The fourth-order valence-corrected chi connectivity index (χ4v) is 5.61. The molecule has 4 nitrogen and oxygen atoms in total. The van der Waals surface area contributed by atoms with Crippen molar-refractivity contribution in [3.63, 3.8) is 0 Å². The average molecular weight is 396 g/mol. The third-order valence-corrected chi connectivity index (χ3v) is 6.95. The molecule has 1 unspecified atom stereocenters. The Morgan fingerprint density at radius 2 is 1.53 bits per heavy atom. The van der Waals surface area contributed by atoms with Gasteiger partial charge in [0.2, 0.25) is 5.91 Å². The molecule has 1 amide bonds. The lowest BCUT2D eigenvalue weighted by atomic mass is 9.68. The Bertz CT molecular complexity index is 1080. The van der Waals surface area contributed by atoms with E-state index in [-0.39, 0.29) is 24.2 Å². The number of hydrogen-bond donors (Lipinski definition) is 1. The topological polar surface area (TPSA) is 41.6 Å². The first kappa shape index (κ1) is 17.7. The van der Waals surface area contributed by atoms with E-state index in [4.69, 9.17) is 4.74 Å². The predicted octanol–water partition coefficient (Wildman–Crippen LogP) is 4.71. The number of nitrogens with zero attached hydrogens (tertiary/aromatic N) is 1. The normalized spacial score (nSPS) is 29.5. The van der Waals surface area contributed by atoms with Gasteiger partial charge in [-0.15, -0.1) is 0 Å². The minimum Gasteiger partial charge on any atom is -0.377 e. The third kappa shape index (κ3) is 2.53. The summed E-state index contributed by atoms with van der Waals surface area (Å²) in [6.07, 6.45) is 1.26. The number of para-hydroxylation sites is 1. The molecule has 0 aliphatic carbocycles. The largest absolute Gasteiger partial charge is 0.377 e. The van der Waals surface area contributed by atoms with Crippen LogP contribution in [0, 0.1) is 5.41 Å². The Hall–Kier alpha value is -3.11. The molecule has 0 saturated carbocycles. The fourth-order valence-electron chi connectivity index (χ4n) is 5.61. The first-order valence-corrected chi connectivity index (χ1v) is 10.6. The van der Waals surface area contributed by atoms with Crippen molar-refractivity contribution in [2.24, 2.45) is 5.41 Å². The Balaban J connectivity index is 1.45. The molecule has 0 bridgehead atoms. The van der Waals surface area contributed by atoms with E-state index >= 15 is 0 Å². The summed E-state index contributed by atoms with van der Waals surface area (Å²) in [7, 11) is 0. The van der Waals surface area contributed by atoms with Crippen LogP contribution in [0.4, 0.5) is 5.69 Å². The van der Waals surface area contributed by atoms with Gasteiger partial charge in [0.15, 0.2) is 6.23 Å². The molecule has 150 valence electrons. The quantitative estimate of drug-likeness (QED) is 0.682. The first-order valence-electron chi connectivity index (χ1n) is 10.6. The number of anilines is 1. The highest BCUT2D eigenvalue weighted by Crippen LogP contribution is 2.56. The summed E-state index contributed by atoms with van der Waals surface area (Å²) in [6, 6.07) is 29.0. The summed E-state index contributed by atoms with van der Waals surface area (Å²) in [5.41, 5.74) is 4.06. The van der Waals surface area contributed by atoms with Crippen LogP contribution in [0.3, 0.4) is 0 Å². The molecule has 1 spiro atoms. The molecule has 2 saturated heterocycles. The van der Waals surface area contributed by atoms with E-state index in [0.717, 1.165) is 24.1 Å². The van der Waals surface area contributed by atoms with Crippen LogP contribution in [0.15, 0.2) is 84.9 Å². The summed E-state index contributed by atoms with van der Waals surface area (Å²) in [5, 5.41) is 3.73. The molecule has 30 heavy (non-hydrogen) atoms. The van der Waals surface area contributed by atoms with Gasteiger partial charge >= 0.3 is 0 Å². The number of carbonyl (C=O) groups excluding carboxylic acids is 1. The number of benzene rings is 3. The number of carbonyl (C=O) groups is 1. The van der Waals surface area contributed by atoms with Crippen LogP contribution >= 0.6 is 0 Å². The maximum absolute atomic E-state index is 14.1. The first-order chi connectivity index (χ1) is 14.8. The molecule has 0 radical (unpaired) electrons. The van der Waals surface area contributed by atoms with Crippen LogP contribution in [0.25, 0.3) is 0 Å². The summed E-state index contributed by atoms with van der Waals surface area (Å²) in [6.45, 7) is 0.593.